The Balaban J connectivity index is 1.73. The Morgan fingerprint density at radius 3 is 2.88 bits per heavy atom. The maximum absolute atomic E-state index is 13.0. The molecule has 2 fully saturated rings. The fourth-order valence-electron chi connectivity index (χ4n) is 3.89. The van der Waals surface area contributed by atoms with Gasteiger partial charge in [-0.05, 0) is 17.8 Å². The molecule has 3 rings (SSSR count). The predicted molar refractivity (Wildman–Crippen MR) is 94.8 cm³/mol. The minimum absolute atomic E-state index is 0.00152. The normalized spacial score (nSPS) is 27.5. The highest BCUT2D eigenvalue weighted by molar-refractivity contribution is 5.91. The van der Waals surface area contributed by atoms with Crippen LogP contribution in [0.5, 0.6) is 0 Å². The van der Waals surface area contributed by atoms with Crippen LogP contribution in [0.1, 0.15) is 39.3 Å². The van der Waals surface area contributed by atoms with Crippen molar-refractivity contribution in [1.82, 2.24) is 20.2 Å². The van der Waals surface area contributed by atoms with E-state index in [1.807, 2.05) is 17.9 Å². The summed E-state index contributed by atoms with van der Waals surface area (Å²) in [6.45, 7) is 7.34. The molecule has 2 aliphatic heterocycles. The third-order valence-corrected chi connectivity index (χ3v) is 4.93. The molecule has 2 amide bonds. The number of aromatic nitrogens is 2. The Bertz CT molecular complexity index is 756. The number of nitriles is 1. The van der Waals surface area contributed by atoms with Gasteiger partial charge in [0.1, 0.15) is 17.9 Å². The lowest BCUT2D eigenvalue weighted by atomic mass is 9.81. The third-order valence-electron chi connectivity index (χ3n) is 4.93. The van der Waals surface area contributed by atoms with Crippen molar-refractivity contribution in [2.75, 3.05) is 18.4 Å². The van der Waals surface area contributed by atoms with Crippen LogP contribution >= 0.6 is 0 Å². The first-order valence-corrected chi connectivity index (χ1v) is 8.84. The third kappa shape index (κ3) is 3.93. The summed E-state index contributed by atoms with van der Waals surface area (Å²) in [5.74, 6) is 0.441. The molecular formula is C18H24N6O2. The van der Waals surface area contributed by atoms with Crippen LogP contribution in [-0.2, 0) is 9.59 Å². The van der Waals surface area contributed by atoms with Gasteiger partial charge in [-0.2, -0.15) is 5.26 Å². The van der Waals surface area contributed by atoms with Gasteiger partial charge in [0.25, 0.3) is 0 Å². The number of amides is 2. The summed E-state index contributed by atoms with van der Waals surface area (Å²) >= 11 is 0. The van der Waals surface area contributed by atoms with Gasteiger partial charge in [-0.15, -0.1) is 0 Å². The molecule has 0 saturated carbocycles. The zero-order valence-electron chi connectivity index (χ0n) is 15.3. The number of hydrogen-bond donors (Lipinski definition) is 2. The zero-order chi connectivity index (χ0) is 18.9. The van der Waals surface area contributed by atoms with E-state index in [-0.39, 0.29) is 34.9 Å². The minimum atomic E-state index is -0.446. The monoisotopic (exact) mass is 356 g/mol. The second-order valence-corrected chi connectivity index (χ2v) is 8.06. The quantitative estimate of drug-likeness (QED) is 0.833. The molecule has 0 spiro atoms. The molecule has 3 unspecified atom stereocenters. The molecule has 26 heavy (non-hydrogen) atoms. The number of piperidine rings is 1. The molecule has 2 aliphatic rings. The molecule has 2 N–H and O–H groups in total. The second-order valence-electron chi connectivity index (χ2n) is 8.06. The van der Waals surface area contributed by atoms with Crippen LogP contribution in [-0.4, -0.2) is 51.9 Å². The molecule has 3 atom stereocenters. The van der Waals surface area contributed by atoms with Gasteiger partial charge in [-0.25, -0.2) is 4.98 Å². The number of nitrogens with one attached hydrogen (secondary N) is 2. The Hall–Kier alpha value is -2.69. The van der Waals surface area contributed by atoms with Gasteiger partial charge < -0.3 is 15.5 Å². The number of carbonyl (C=O) groups is 2. The zero-order valence-corrected chi connectivity index (χ0v) is 15.3. The number of rotatable bonds is 3. The van der Waals surface area contributed by atoms with Gasteiger partial charge in [-0.3, -0.25) is 14.6 Å². The van der Waals surface area contributed by atoms with E-state index in [2.05, 4.69) is 34.4 Å². The second kappa shape index (κ2) is 6.90. The number of likely N-dealkylation sites (tertiary alicyclic amines) is 1. The molecule has 138 valence electrons. The highest BCUT2D eigenvalue weighted by Gasteiger charge is 2.41. The van der Waals surface area contributed by atoms with E-state index in [9.17, 15) is 9.59 Å². The van der Waals surface area contributed by atoms with Crippen molar-refractivity contribution in [3.05, 3.63) is 18.1 Å². The van der Waals surface area contributed by atoms with E-state index >= 15 is 0 Å². The largest absolute Gasteiger partial charge is 0.364 e. The summed E-state index contributed by atoms with van der Waals surface area (Å²) in [6.07, 6.45) is 4.25. The SMILES string of the molecule is CC1CC(=O)NC1C(=O)N1CC(Nc2cncc(C#N)n2)CC(C)(C)C1. The smallest absolute Gasteiger partial charge is 0.245 e. The molecule has 0 radical (unpaired) electrons. The summed E-state index contributed by atoms with van der Waals surface area (Å²) in [7, 11) is 0. The van der Waals surface area contributed by atoms with Crippen LogP contribution in [0.4, 0.5) is 5.82 Å². The summed E-state index contributed by atoms with van der Waals surface area (Å²) in [6, 6.07) is 1.53. The van der Waals surface area contributed by atoms with E-state index in [1.165, 1.54) is 6.20 Å². The molecular weight excluding hydrogens is 332 g/mol. The van der Waals surface area contributed by atoms with Crippen LogP contribution in [0.3, 0.4) is 0 Å². The fourth-order valence-corrected chi connectivity index (χ4v) is 3.89. The van der Waals surface area contributed by atoms with Crippen molar-refractivity contribution in [3.63, 3.8) is 0 Å². The van der Waals surface area contributed by atoms with Crippen molar-refractivity contribution in [1.29, 1.82) is 5.26 Å². The molecule has 0 bridgehead atoms. The number of nitrogens with zero attached hydrogens (tertiary/aromatic N) is 4. The lowest BCUT2D eigenvalue weighted by Gasteiger charge is -2.43. The van der Waals surface area contributed by atoms with Crippen molar-refractivity contribution in [3.8, 4) is 6.07 Å². The highest BCUT2D eigenvalue weighted by atomic mass is 16.2. The number of anilines is 1. The number of carbonyl (C=O) groups excluding carboxylic acids is 2. The van der Waals surface area contributed by atoms with Gasteiger partial charge >= 0.3 is 0 Å². The van der Waals surface area contributed by atoms with E-state index < -0.39 is 6.04 Å². The lowest BCUT2D eigenvalue weighted by Crippen LogP contribution is -2.56. The van der Waals surface area contributed by atoms with Crippen LogP contribution in [0.25, 0.3) is 0 Å². The van der Waals surface area contributed by atoms with E-state index in [0.717, 1.165) is 6.42 Å². The maximum atomic E-state index is 13.0. The average Bonchev–Trinajstić information content (AvgIpc) is 2.91. The van der Waals surface area contributed by atoms with Crippen molar-refractivity contribution in [2.45, 2.75) is 45.7 Å². The van der Waals surface area contributed by atoms with Gasteiger partial charge in [0.2, 0.25) is 11.8 Å². The summed E-state index contributed by atoms with van der Waals surface area (Å²) in [5, 5.41) is 15.1. The topological polar surface area (TPSA) is 111 Å². The van der Waals surface area contributed by atoms with Crippen molar-refractivity contribution in [2.24, 2.45) is 11.3 Å². The molecule has 8 nitrogen and oxygen atoms in total. The van der Waals surface area contributed by atoms with Crippen LogP contribution in [0.15, 0.2) is 12.4 Å². The number of hydrogen-bond acceptors (Lipinski definition) is 6. The standard InChI is InChI=1S/C18H24N6O2/c1-11-4-15(25)23-16(11)17(26)24-9-12(5-18(2,3)10-24)21-14-8-20-7-13(6-19)22-14/h7-8,11-12,16H,4-5,9-10H2,1-3H3,(H,21,22)(H,23,25). The molecule has 8 heteroatoms. The molecule has 1 aromatic rings. The molecule has 2 saturated heterocycles. The van der Waals surface area contributed by atoms with Crippen molar-refractivity contribution < 1.29 is 9.59 Å². The molecule has 0 aromatic carbocycles. The summed E-state index contributed by atoms with van der Waals surface area (Å²) in [5.41, 5.74) is 0.179. The first kappa shape index (κ1) is 18.1. The first-order valence-electron chi connectivity index (χ1n) is 8.84. The van der Waals surface area contributed by atoms with E-state index in [4.69, 9.17) is 5.26 Å². The van der Waals surface area contributed by atoms with E-state index in [0.29, 0.717) is 25.3 Å². The summed E-state index contributed by atoms with van der Waals surface area (Å²) < 4.78 is 0. The lowest BCUT2D eigenvalue weighted by molar-refractivity contribution is -0.138. The first-order chi connectivity index (χ1) is 12.3. The van der Waals surface area contributed by atoms with Gasteiger partial charge in [0.05, 0.1) is 12.4 Å². The highest BCUT2D eigenvalue weighted by Crippen LogP contribution is 2.31. The summed E-state index contributed by atoms with van der Waals surface area (Å²) in [4.78, 5) is 34.6. The molecule has 3 heterocycles. The van der Waals surface area contributed by atoms with Gasteiger partial charge in [0.15, 0.2) is 5.69 Å². The van der Waals surface area contributed by atoms with Crippen LogP contribution in [0, 0.1) is 22.7 Å². The maximum Gasteiger partial charge on any atom is 0.245 e. The Morgan fingerprint density at radius 2 is 2.23 bits per heavy atom. The molecule has 1 aromatic heterocycles. The Kier molecular flexibility index (Phi) is 4.81. The Labute approximate surface area is 153 Å². The van der Waals surface area contributed by atoms with Crippen LogP contribution in [0.2, 0.25) is 0 Å². The average molecular weight is 356 g/mol. The minimum Gasteiger partial charge on any atom is -0.364 e. The molecule has 0 aliphatic carbocycles. The Morgan fingerprint density at radius 1 is 1.46 bits per heavy atom. The predicted octanol–water partition coefficient (Wildman–Crippen LogP) is 0.912. The van der Waals surface area contributed by atoms with Gasteiger partial charge in [-0.1, -0.05) is 20.8 Å². The fraction of sp³-hybridized carbons (Fsp3) is 0.611. The van der Waals surface area contributed by atoms with Crippen LogP contribution < -0.4 is 10.6 Å². The van der Waals surface area contributed by atoms with Crippen molar-refractivity contribution >= 4 is 17.6 Å². The van der Waals surface area contributed by atoms with E-state index in [1.54, 1.807) is 6.20 Å². The van der Waals surface area contributed by atoms with Gasteiger partial charge in [0, 0.05) is 25.6 Å².